The normalized spacial score (nSPS) is 14.7. The smallest absolute Gasteiger partial charge is 0.303 e. The first-order chi connectivity index (χ1) is 7.60. The second-order valence-electron chi connectivity index (χ2n) is 4.82. The number of aliphatic carboxylic acids is 1. The van der Waals surface area contributed by atoms with E-state index in [-0.39, 0.29) is 0 Å². The van der Waals surface area contributed by atoms with Crippen molar-refractivity contribution in [2.24, 2.45) is 17.6 Å². The summed E-state index contributed by atoms with van der Waals surface area (Å²) in [5, 5.41) is 8.63. The zero-order valence-corrected chi connectivity index (χ0v) is 10.7. The Bertz CT molecular complexity index is 183. The zero-order valence-electron chi connectivity index (χ0n) is 10.7. The molecule has 0 aliphatic carbocycles. The number of carbonyl (C=O) groups is 1. The molecule has 3 nitrogen and oxygen atoms in total. The summed E-state index contributed by atoms with van der Waals surface area (Å²) in [4.78, 5) is 10.5. The lowest BCUT2D eigenvalue weighted by Gasteiger charge is -2.15. The highest BCUT2D eigenvalue weighted by Gasteiger charge is 2.09. The van der Waals surface area contributed by atoms with Gasteiger partial charge in [0.2, 0.25) is 0 Å². The van der Waals surface area contributed by atoms with Crippen molar-refractivity contribution in [3.05, 3.63) is 0 Å². The van der Waals surface area contributed by atoms with Crippen LogP contribution in [0, 0.1) is 11.8 Å². The summed E-state index contributed by atoms with van der Waals surface area (Å²) in [6.07, 6.45) is 6.94. The Morgan fingerprint density at radius 3 is 2.44 bits per heavy atom. The number of nitrogens with two attached hydrogens (primary N) is 1. The van der Waals surface area contributed by atoms with Gasteiger partial charge in [-0.15, -0.1) is 0 Å². The van der Waals surface area contributed by atoms with Gasteiger partial charge in [0.1, 0.15) is 0 Å². The van der Waals surface area contributed by atoms with Crippen LogP contribution in [0.1, 0.15) is 58.8 Å². The molecule has 0 aromatic carbocycles. The van der Waals surface area contributed by atoms with Crippen molar-refractivity contribution in [3.63, 3.8) is 0 Å². The molecule has 16 heavy (non-hydrogen) atoms. The van der Waals surface area contributed by atoms with Crippen LogP contribution in [0.5, 0.6) is 0 Å². The summed E-state index contributed by atoms with van der Waals surface area (Å²) < 4.78 is 0. The molecule has 96 valence electrons. The maximum atomic E-state index is 10.5. The monoisotopic (exact) mass is 229 g/mol. The lowest BCUT2D eigenvalue weighted by molar-refractivity contribution is -0.137. The average Bonchev–Trinajstić information content (AvgIpc) is 2.23. The SMILES string of the molecule is CCC(CCCC(C)CCN)CCC(=O)O. The van der Waals surface area contributed by atoms with Crippen molar-refractivity contribution in [3.8, 4) is 0 Å². The van der Waals surface area contributed by atoms with Gasteiger partial charge in [0, 0.05) is 6.42 Å². The molecule has 0 heterocycles. The predicted octanol–water partition coefficient (Wildman–Crippen LogP) is 3.03. The maximum Gasteiger partial charge on any atom is 0.303 e. The second kappa shape index (κ2) is 9.64. The van der Waals surface area contributed by atoms with Crippen molar-refractivity contribution in [2.45, 2.75) is 58.8 Å². The zero-order chi connectivity index (χ0) is 12.4. The van der Waals surface area contributed by atoms with Crippen LogP contribution in [0.15, 0.2) is 0 Å². The van der Waals surface area contributed by atoms with Crippen LogP contribution in [0.4, 0.5) is 0 Å². The van der Waals surface area contributed by atoms with E-state index in [0.717, 1.165) is 25.8 Å². The lowest BCUT2D eigenvalue weighted by Crippen LogP contribution is -2.07. The summed E-state index contributed by atoms with van der Waals surface area (Å²) in [7, 11) is 0. The van der Waals surface area contributed by atoms with Gasteiger partial charge in [-0.05, 0) is 31.2 Å². The van der Waals surface area contributed by atoms with E-state index >= 15 is 0 Å². The third-order valence-electron chi connectivity index (χ3n) is 3.31. The third-order valence-corrected chi connectivity index (χ3v) is 3.31. The van der Waals surface area contributed by atoms with E-state index in [1.807, 2.05) is 0 Å². The Morgan fingerprint density at radius 2 is 1.94 bits per heavy atom. The van der Waals surface area contributed by atoms with Gasteiger partial charge in [-0.25, -0.2) is 0 Å². The highest BCUT2D eigenvalue weighted by molar-refractivity contribution is 5.66. The van der Waals surface area contributed by atoms with E-state index in [2.05, 4.69) is 13.8 Å². The molecule has 3 heteroatoms. The molecule has 0 aromatic heterocycles. The molecule has 0 aromatic rings. The summed E-state index contributed by atoms with van der Waals surface area (Å²) in [5.74, 6) is 0.623. The van der Waals surface area contributed by atoms with E-state index in [1.54, 1.807) is 0 Å². The Kier molecular flexibility index (Phi) is 9.30. The highest BCUT2D eigenvalue weighted by atomic mass is 16.4. The Balaban J connectivity index is 3.58. The molecule has 0 fully saturated rings. The van der Waals surface area contributed by atoms with Crippen molar-refractivity contribution < 1.29 is 9.90 Å². The average molecular weight is 229 g/mol. The topological polar surface area (TPSA) is 63.3 Å². The van der Waals surface area contributed by atoms with E-state index in [9.17, 15) is 4.79 Å². The molecule has 0 spiro atoms. The minimum absolute atomic E-state index is 0.316. The van der Waals surface area contributed by atoms with Crippen molar-refractivity contribution in [2.75, 3.05) is 6.54 Å². The van der Waals surface area contributed by atoms with E-state index in [1.165, 1.54) is 19.3 Å². The largest absolute Gasteiger partial charge is 0.481 e. The quantitative estimate of drug-likeness (QED) is 0.605. The predicted molar refractivity (Wildman–Crippen MR) is 67.3 cm³/mol. The van der Waals surface area contributed by atoms with Crippen molar-refractivity contribution >= 4 is 5.97 Å². The Hall–Kier alpha value is -0.570. The van der Waals surface area contributed by atoms with E-state index < -0.39 is 5.97 Å². The second-order valence-corrected chi connectivity index (χ2v) is 4.82. The molecule has 0 saturated carbocycles. The lowest BCUT2D eigenvalue weighted by atomic mass is 9.91. The molecule has 0 bridgehead atoms. The van der Waals surface area contributed by atoms with Crippen LogP contribution in [-0.2, 0) is 4.79 Å². The number of carboxylic acid groups (broad SMARTS) is 1. The molecular weight excluding hydrogens is 202 g/mol. The van der Waals surface area contributed by atoms with Crippen LogP contribution < -0.4 is 5.73 Å². The molecule has 0 saturated heterocycles. The molecule has 0 aliphatic rings. The standard InChI is InChI=1S/C13H27NO2/c1-3-12(7-8-13(15)16)6-4-5-11(2)9-10-14/h11-12H,3-10,14H2,1-2H3,(H,15,16). The van der Waals surface area contributed by atoms with Gasteiger partial charge in [0.15, 0.2) is 0 Å². The molecule has 0 radical (unpaired) electrons. The molecule has 2 unspecified atom stereocenters. The van der Waals surface area contributed by atoms with Gasteiger partial charge in [0.05, 0.1) is 0 Å². The Morgan fingerprint density at radius 1 is 1.25 bits per heavy atom. The van der Waals surface area contributed by atoms with Crippen LogP contribution in [0.2, 0.25) is 0 Å². The minimum Gasteiger partial charge on any atom is -0.481 e. The number of hydrogen-bond acceptors (Lipinski definition) is 2. The minimum atomic E-state index is -0.671. The molecule has 0 aliphatic heterocycles. The summed E-state index contributed by atoms with van der Waals surface area (Å²) in [5.41, 5.74) is 5.50. The first-order valence-corrected chi connectivity index (χ1v) is 6.52. The van der Waals surface area contributed by atoms with Crippen molar-refractivity contribution in [1.29, 1.82) is 0 Å². The third kappa shape index (κ3) is 8.72. The van der Waals surface area contributed by atoms with Crippen LogP contribution >= 0.6 is 0 Å². The molecule has 0 rings (SSSR count). The van der Waals surface area contributed by atoms with Gasteiger partial charge >= 0.3 is 5.97 Å². The summed E-state index contributed by atoms with van der Waals surface area (Å²) >= 11 is 0. The van der Waals surface area contributed by atoms with Gasteiger partial charge < -0.3 is 10.8 Å². The van der Waals surface area contributed by atoms with E-state index in [4.69, 9.17) is 10.8 Å². The number of hydrogen-bond donors (Lipinski definition) is 2. The first-order valence-electron chi connectivity index (χ1n) is 6.52. The Labute approximate surface area is 99.4 Å². The fraction of sp³-hybridized carbons (Fsp3) is 0.923. The molecular formula is C13H27NO2. The fourth-order valence-corrected chi connectivity index (χ4v) is 2.06. The molecule has 3 N–H and O–H groups in total. The summed E-state index contributed by atoms with van der Waals surface area (Å²) in [6, 6.07) is 0. The van der Waals surface area contributed by atoms with Gasteiger partial charge in [-0.3, -0.25) is 4.79 Å². The van der Waals surface area contributed by atoms with Gasteiger partial charge in [-0.2, -0.15) is 0 Å². The van der Waals surface area contributed by atoms with Crippen LogP contribution in [0.3, 0.4) is 0 Å². The highest BCUT2D eigenvalue weighted by Crippen LogP contribution is 2.21. The van der Waals surface area contributed by atoms with Crippen LogP contribution in [0.25, 0.3) is 0 Å². The van der Waals surface area contributed by atoms with Crippen molar-refractivity contribution in [1.82, 2.24) is 0 Å². The number of rotatable bonds is 10. The first kappa shape index (κ1) is 15.4. The van der Waals surface area contributed by atoms with Gasteiger partial charge in [0.25, 0.3) is 0 Å². The maximum absolute atomic E-state index is 10.5. The van der Waals surface area contributed by atoms with Gasteiger partial charge in [-0.1, -0.05) is 39.5 Å². The molecule has 0 amide bonds. The van der Waals surface area contributed by atoms with Crippen LogP contribution in [-0.4, -0.2) is 17.6 Å². The fourth-order valence-electron chi connectivity index (χ4n) is 2.06. The number of carboxylic acids is 1. The molecule has 2 atom stereocenters. The summed E-state index contributed by atoms with van der Waals surface area (Å²) in [6.45, 7) is 5.16. The van der Waals surface area contributed by atoms with E-state index in [0.29, 0.717) is 18.3 Å².